The molecular weight excluding hydrogens is 389 g/mol. The van der Waals surface area contributed by atoms with Crippen LogP contribution in [-0.4, -0.2) is 49.8 Å². The van der Waals surface area contributed by atoms with Gasteiger partial charge in [-0.15, -0.1) is 11.3 Å². The number of sulfonamides is 1. The van der Waals surface area contributed by atoms with E-state index in [-0.39, 0.29) is 37.1 Å². The Hall–Kier alpha value is -1.97. The first-order valence-corrected chi connectivity index (χ1v) is 11.0. The van der Waals surface area contributed by atoms with Gasteiger partial charge in [-0.25, -0.2) is 17.6 Å². The fourth-order valence-electron chi connectivity index (χ4n) is 2.91. The van der Waals surface area contributed by atoms with Gasteiger partial charge in [-0.3, -0.25) is 0 Å². The molecule has 0 bridgehead atoms. The van der Waals surface area contributed by atoms with Crippen LogP contribution in [0.15, 0.2) is 41.3 Å². The number of hydrogen-bond donors (Lipinski definition) is 1. The second-order valence-electron chi connectivity index (χ2n) is 6.20. The molecule has 0 unspecified atom stereocenters. The van der Waals surface area contributed by atoms with Gasteiger partial charge in [0.1, 0.15) is 10.7 Å². The van der Waals surface area contributed by atoms with Crippen LogP contribution in [0.4, 0.5) is 9.18 Å². The van der Waals surface area contributed by atoms with Crippen LogP contribution >= 0.6 is 11.3 Å². The maximum atomic E-state index is 13.9. The van der Waals surface area contributed by atoms with Crippen molar-refractivity contribution < 1.29 is 17.6 Å². The van der Waals surface area contributed by atoms with E-state index in [1.165, 1.54) is 27.4 Å². The first-order chi connectivity index (χ1) is 12.9. The predicted octanol–water partition coefficient (Wildman–Crippen LogP) is 2.67. The number of hydrogen-bond acceptors (Lipinski definition) is 4. The van der Waals surface area contributed by atoms with E-state index < -0.39 is 15.8 Å². The number of thiophene rings is 1. The first-order valence-electron chi connectivity index (χ1n) is 8.77. The highest BCUT2D eigenvalue weighted by molar-refractivity contribution is 7.89. The molecule has 0 spiro atoms. The molecule has 0 saturated carbocycles. The normalized spacial score (nSPS) is 15.7. The number of urea groups is 1. The van der Waals surface area contributed by atoms with Crippen LogP contribution in [0.1, 0.15) is 16.7 Å². The number of carbonyl (C=O) groups excluding carboxylic acids is 1. The van der Waals surface area contributed by atoms with Crippen molar-refractivity contribution in [3.63, 3.8) is 0 Å². The van der Waals surface area contributed by atoms with Gasteiger partial charge in [0.05, 0.1) is 6.54 Å². The third-order valence-corrected chi connectivity index (χ3v) is 7.62. The highest BCUT2D eigenvalue weighted by Gasteiger charge is 2.31. The van der Waals surface area contributed by atoms with Crippen molar-refractivity contribution in [2.45, 2.75) is 24.8 Å². The van der Waals surface area contributed by atoms with E-state index in [1.807, 2.05) is 6.07 Å². The van der Waals surface area contributed by atoms with Gasteiger partial charge in [0, 0.05) is 35.9 Å². The molecule has 3 rings (SSSR count). The van der Waals surface area contributed by atoms with Crippen molar-refractivity contribution >= 4 is 27.4 Å². The zero-order chi connectivity index (χ0) is 19.4. The maximum absolute atomic E-state index is 13.9. The second kappa shape index (κ2) is 8.37. The van der Waals surface area contributed by atoms with Crippen molar-refractivity contribution in [3.8, 4) is 0 Å². The molecule has 146 valence electrons. The molecule has 0 atom stereocenters. The van der Waals surface area contributed by atoms with Crippen molar-refractivity contribution in [1.82, 2.24) is 14.5 Å². The summed E-state index contributed by atoms with van der Waals surface area (Å²) in [7, 11) is -3.90. The highest BCUT2D eigenvalue weighted by atomic mass is 32.2. The summed E-state index contributed by atoms with van der Waals surface area (Å²) in [6.07, 6.45) is 0.969. The molecule has 27 heavy (non-hydrogen) atoms. The van der Waals surface area contributed by atoms with E-state index in [1.54, 1.807) is 16.2 Å². The van der Waals surface area contributed by atoms with Gasteiger partial charge in [0.25, 0.3) is 0 Å². The quantitative estimate of drug-likeness (QED) is 0.822. The number of carbonyl (C=O) groups is 1. The van der Waals surface area contributed by atoms with E-state index in [9.17, 15) is 17.6 Å². The molecule has 1 aliphatic rings. The van der Waals surface area contributed by atoms with Gasteiger partial charge >= 0.3 is 6.03 Å². The van der Waals surface area contributed by atoms with Crippen molar-refractivity contribution in [3.05, 3.63) is 52.0 Å². The summed E-state index contributed by atoms with van der Waals surface area (Å²) >= 11 is 1.67. The van der Waals surface area contributed by atoms with Gasteiger partial charge in [0.2, 0.25) is 10.0 Å². The summed E-state index contributed by atoms with van der Waals surface area (Å²) in [5, 5.41) is 2.87. The van der Waals surface area contributed by atoms with E-state index >= 15 is 0 Å². The molecule has 2 heterocycles. The van der Waals surface area contributed by atoms with Gasteiger partial charge in [-0.05, 0) is 30.7 Å². The smallest absolute Gasteiger partial charge is 0.317 e. The molecule has 1 saturated heterocycles. The van der Waals surface area contributed by atoms with Gasteiger partial charge in [0.15, 0.2) is 0 Å². The Labute approximate surface area is 162 Å². The minimum Gasteiger partial charge on any atom is -0.333 e. The van der Waals surface area contributed by atoms with Crippen molar-refractivity contribution in [2.75, 3.05) is 26.2 Å². The maximum Gasteiger partial charge on any atom is 0.317 e. The van der Waals surface area contributed by atoms with E-state index in [4.69, 9.17) is 0 Å². The molecule has 0 radical (unpaired) electrons. The summed E-state index contributed by atoms with van der Waals surface area (Å²) in [6.45, 7) is 3.36. The molecule has 1 N–H and O–H groups in total. The fraction of sp³-hybridized carbons (Fsp3) is 0.389. The largest absolute Gasteiger partial charge is 0.333 e. The van der Waals surface area contributed by atoms with E-state index in [0.717, 1.165) is 17.4 Å². The van der Waals surface area contributed by atoms with Crippen LogP contribution in [0.3, 0.4) is 0 Å². The molecule has 1 aromatic heterocycles. The summed E-state index contributed by atoms with van der Waals surface area (Å²) in [4.78, 5) is 15.9. The summed E-state index contributed by atoms with van der Waals surface area (Å²) < 4.78 is 40.3. The second-order valence-corrected chi connectivity index (χ2v) is 9.36. The Morgan fingerprint density at radius 2 is 1.78 bits per heavy atom. The van der Waals surface area contributed by atoms with Crippen molar-refractivity contribution in [1.29, 1.82) is 0 Å². The Morgan fingerprint density at radius 1 is 1.11 bits per heavy atom. The number of piperazine rings is 1. The standard InChI is InChI=1S/C18H22FN3O3S2/c1-2-14-7-8-15(26-14)13-20-18(23)21-9-11-22(12-10-21)27(24,25)17-6-4-3-5-16(17)19/h3-8H,2,9-13H2,1H3,(H,20,23). The predicted molar refractivity (Wildman–Crippen MR) is 103 cm³/mol. The molecule has 1 aliphatic heterocycles. The van der Waals surface area contributed by atoms with Gasteiger partial charge in [-0.2, -0.15) is 4.31 Å². The highest BCUT2D eigenvalue weighted by Crippen LogP contribution is 2.20. The number of aryl methyl sites for hydroxylation is 1. The molecular formula is C18H22FN3O3S2. The Morgan fingerprint density at radius 3 is 2.41 bits per heavy atom. The number of nitrogens with zero attached hydrogens (tertiary/aromatic N) is 2. The Kier molecular flexibility index (Phi) is 6.13. The zero-order valence-electron chi connectivity index (χ0n) is 15.0. The Balaban J connectivity index is 1.55. The van der Waals surface area contributed by atoms with Crippen LogP contribution in [0, 0.1) is 5.82 Å². The summed E-state index contributed by atoms with van der Waals surface area (Å²) in [5.74, 6) is -0.764. The molecule has 6 nitrogen and oxygen atoms in total. The third-order valence-electron chi connectivity index (χ3n) is 4.46. The summed E-state index contributed by atoms with van der Waals surface area (Å²) in [6, 6.07) is 9.17. The van der Waals surface area contributed by atoms with Crippen LogP contribution < -0.4 is 5.32 Å². The lowest BCUT2D eigenvalue weighted by molar-refractivity contribution is 0.172. The third kappa shape index (κ3) is 4.48. The summed E-state index contributed by atoms with van der Waals surface area (Å²) in [5.41, 5.74) is 0. The Bertz CT molecular complexity index is 906. The lowest BCUT2D eigenvalue weighted by Crippen LogP contribution is -2.53. The van der Waals surface area contributed by atoms with Gasteiger partial charge in [-0.1, -0.05) is 19.1 Å². The number of rotatable bonds is 5. The molecule has 1 fully saturated rings. The molecule has 2 aromatic rings. The molecule has 9 heteroatoms. The van der Waals surface area contributed by atoms with Crippen LogP contribution in [0.5, 0.6) is 0 Å². The van der Waals surface area contributed by atoms with Crippen LogP contribution in [0.25, 0.3) is 0 Å². The van der Waals surface area contributed by atoms with Crippen LogP contribution in [0.2, 0.25) is 0 Å². The van der Waals surface area contributed by atoms with E-state index in [0.29, 0.717) is 6.54 Å². The lowest BCUT2D eigenvalue weighted by Gasteiger charge is -2.34. The SMILES string of the molecule is CCc1ccc(CNC(=O)N2CCN(S(=O)(=O)c3ccccc3F)CC2)s1. The fourth-order valence-corrected chi connectivity index (χ4v) is 5.29. The zero-order valence-corrected chi connectivity index (χ0v) is 16.7. The van der Waals surface area contributed by atoms with Crippen molar-refractivity contribution in [2.24, 2.45) is 0 Å². The average Bonchev–Trinajstić information content (AvgIpc) is 3.14. The minimum absolute atomic E-state index is 0.142. The monoisotopic (exact) mass is 411 g/mol. The van der Waals surface area contributed by atoms with Crippen LogP contribution in [-0.2, 0) is 23.0 Å². The molecule has 0 aliphatic carbocycles. The molecule has 1 aromatic carbocycles. The molecule has 2 amide bonds. The number of amides is 2. The number of benzene rings is 1. The van der Waals surface area contributed by atoms with Gasteiger partial charge < -0.3 is 10.2 Å². The number of nitrogens with one attached hydrogen (secondary N) is 1. The number of halogens is 1. The first kappa shape index (κ1) is 19.8. The minimum atomic E-state index is -3.90. The van der Waals surface area contributed by atoms with E-state index in [2.05, 4.69) is 18.3 Å². The average molecular weight is 412 g/mol. The lowest BCUT2D eigenvalue weighted by atomic mass is 10.3. The topological polar surface area (TPSA) is 69.7 Å².